The van der Waals surface area contributed by atoms with Crippen LogP contribution in [0.5, 0.6) is 0 Å². The summed E-state index contributed by atoms with van der Waals surface area (Å²) in [4.78, 5) is 0. The summed E-state index contributed by atoms with van der Waals surface area (Å²) in [6.07, 6.45) is 0. The molecule has 0 aliphatic rings. The molecule has 0 radical (unpaired) electrons. The van der Waals surface area contributed by atoms with Crippen LogP contribution in [0.25, 0.3) is 0 Å². The second-order valence-electron chi connectivity index (χ2n) is 4.24. The molecule has 14 heavy (non-hydrogen) atoms. The Hall–Kier alpha value is -0.0900. The van der Waals surface area contributed by atoms with E-state index in [0.29, 0.717) is 5.92 Å². The second kappa shape index (κ2) is 4.62. The average Bonchev–Trinajstić information content (AvgIpc) is 2.12. The van der Waals surface area contributed by atoms with Gasteiger partial charge in [-0.3, -0.25) is 0 Å². The van der Waals surface area contributed by atoms with Gasteiger partial charge in [-0.05, 0) is 59.0 Å². The molecule has 78 valence electrons. The fourth-order valence-corrected chi connectivity index (χ4v) is 1.87. The highest BCUT2D eigenvalue weighted by molar-refractivity contribution is 14.1. The molecule has 1 aromatic rings. The largest absolute Gasteiger partial charge is 0.324 e. The van der Waals surface area contributed by atoms with E-state index < -0.39 is 0 Å². The zero-order valence-electron chi connectivity index (χ0n) is 9.26. The van der Waals surface area contributed by atoms with Gasteiger partial charge in [0, 0.05) is 9.61 Å². The van der Waals surface area contributed by atoms with Gasteiger partial charge in [0.1, 0.15) is 0 Å². The van der Waals surface area contributed by atoms with Crippen LogP contribution in [0.15, 0.2) is 12.1 Å². The minimum atomic E-state index is 0.157. The maximum atomic E-state index is 6.12. The zero-order valence-corrected chi connectivity index (χ0v) is 11.4. The Labute approximate surface area is 100 Å². The van der Waals surface area contributed by atoms with Crippen molar-refractivity contribution >= 4 is 22.6 Å². The molecule has 0 spiro atoms. The van der Waals surface area contributed by atoms with Crippen molar-refractivity contribution in [3.05, 3.63) is 32.4 Å². The molecule has 1 rings (SSSR count). The van der Waals surface area contributed by atoms with E-state index in [2.05, 4.69) is 62.4 Å². The first-order valence-electron chi connectivity index (χ1n) is 4.95. The summed E-state index contributed by atoms with van der Waals surface area (Å²) in [5, 5.41) is 0. The number of halogens is 1. The maximum Gasteiger partial charge on any atom is 0.0318 e. The summed E-state index contributed by atoms with van der Waals surface area (Å²) < 4.78 is 1.35. The van der Waals surface area contributed by atoms with E-state index in [1.807, 2.05) is 0 Å². The van der Waals surface area contributed by atoms with Gasteiger partial charge in [-0.1, -0.05) is 26.0 Å². The minimum Gasteiger partial charge on any atom is -0.324 e. The van der Waals surface area contributed by atoms with E-state index in [-0.39, 0.29) is 6.04 Å². The Balaban J connectivity index is 3.12. The normalized spacial score (nSPS) is 13.4. The molecule has 1 aromatic carbocycles. The van der Waals surface area contributed by atoms with Crippen molar-refractivity contribution in [3.8, 4) is 0 Å². The van der Waals surface area contributed by atoms with Gasteiger partial charge >= 0.3 is 0 Å². The van der Waals surface area contributed by atoms with E-state index >= 15 is 0 Å². The molecular weight excluding hydrogens is 285 g/mol. The maximum absolute atomic E-state index is 6.12. The van der Waals surface area contributed by atoms with E-state index in [4.69, 9.17) is 5.73 Å². The highest BCUT2D eigenvalue weighted by atomic mass is 127. The van der Waals surface area contributed by atoms with Crippen LogP contribution in [0.3, 0.4) is 0 Å². The van der Waals surface area contributed by atoms with Crippen LogP contribution in [0, 0.1) is 23.3 Å². The molecule has 0 aliphatic heterocycles. The summed E-state index contributed by atoms with van der Waals surface area (Å²) in [6, 6.07) is 4.57. The van der Waals surface area contributed by atoms with Crippen molar-refractivity contribution in [1.29, 1.82) is 0 Å². The summed E-state index contributed by atoms with van der Waals surface area (Å²) in [5.74, 6) is 0.494. The van der Waals surface area contributed by atoms with Gasteiger partial charge in [-0.2, -0.15) is 0 Å². The van der Waals surface area contributed by atoms with Gasteiger partial charge in [-0.25, -0.2) is 0 Å². The molecule has 0 aliphatic carbocycles. The van der Waals surface area contributed by atoms with E-state index in [1.165, 1.54) is 20.3 Å². The summed E-state index contributed by atoms with van der Waals surface area (Å²) in [5.41, 5.74) is 10.0. The third-order valence-electron chi connectivity index (χ3n) is 2.56. The monoisotopic (exact) mass is 303 g/mol. The molecule has 1 nitrogen and oxygen atoms in total. The van der Waals surface area contributed by atoms with Crippen molar-refractivity contribution in [3.63, 3.8) is 0 Å². The van der Waals surface area contributed by atoms with Gasteiger partial charge in [0.25, 0.3) is 0 Å². The number of hydrogen-bond donors (Lipinski definition) is 1. The quantitative estimate of drug-likeness (QED) is 0.831. The fraction of sp³-hybridized carbons (Fsp3) is 0.500. The average molecular weight is 303 g/mol. The zero-order chi connectivity index (χ0) is 10.9. The lowest BCUT2D eigenvalue weighted by molar-refractivity contribution is 0.513. The Bertz CT molecular complexity index is 308. The first-order chi connectivity index (χ1) is 6.43. The first-order valence-corrected chi connectivity index (χ1v) is 6.03. The van der Waals surface area contributed by atoms with Crippen molar-refractivity contribution in [2.45, 2.75) is 33.7 Å². The lowest BCUT2D eigenvalue weighted by Gasteiger charge is -2.18. The Morgan fingerprint density at radius 1 is 1.14 bits per heavy atom. The number of aryl methyl sites for hydroxylation is 2. The van der Waals surface area contributed by atoms with Crippen LogP contribution in [0.2, 0.25) is 0 Å². The number of hydrogen-bond acceptors (Lipinski definition) is 1. The van der Waals surface area contributed by atoms with Crippen LogP contribution in [-0.4, -0.2) is 0 Å². The van der Waals surface area contributed by atoms with Crippen LogP contribution >= 0.6 is 22.6 Å². The lowest BCUT2D eigenvalue weighted by Crippen LogP contribution is -2.17. The number of rotatable bonds is 2. The fourth-order valence-electron chi connectivity index (χ4n) is 1.56. The number of nitrogens with two attached hydrogens (primary N) is 1. The topological polar surface area (TPSA) is 26.0 Å². The van der Waals surface area contributed by atoms with Gasteiger partial charge in [0.05, 0.1) is 0 Å². The van der Waals surface area contributed by atoms with Gasteiger partial charge in [0.15, 0.2) is 0 Å². The highest BCUT2D eigenvalue weighted by Gasteiger charge is 2.12. The predicted octanol–water partition coefficient (Wildman–Crippen LogP) is 3.56. The SMILES string of the molecule is Cc1cc([C@@H](N)C(C)C)cc(C)c1I. The highest BCUT2D eigenvalue weighted by Crippen LogP contribution is 2.25. The molecule has 0 aromatic heterocycles. The van der Waals surface area contributed by atoms with Crippen LogP contribution < -0.4 is 5.73 Å². The predicted molar refractivity (Wildman–Crippen MR) is 70.4 cm³/mol. The lowest BCUT2D eigenvalue weighted by atomic mass is 9.94. The van der Waals surface area contributed by atoms with Gasteiger partial charge in [0.2, 0.25) is 0 Å². The Morgan fingerprint density at radius 3 is 1.93 bits per heavy atom. The summed E-state index contributed by atoms with van der Waals surface area (Å²) in [6.45, 7) is 8.61. The summed E-state index contributed by atoms with van der Waals surface area (Å²) >= 11 is 2.39. The van der Waals surface area contributed by atoms with Crippen LogP contribution in [-0.2, 0) is 0 Å². The first kappa shape index (κ1) is 12.0. The smallest absolute Gasteiger partial charge is 0.0318 e. The third-order valence-corrected chi connectivity index (χ3v) is 4.26. The second-order valence-corrected chi connectivity index (χ2v) is 5.32. The molecule has 0 amide bonds. The molecular formula is C12H18IN. The number of benzene rings is 1. The molecule has 1 atom stereocenters. The van der Waals surface area contributed by atoms with Crippen LogP contribution in [0.4, 0.5) is 0 Å². The Kier molecular flexibility index (Phi) is 3.95. The van der Waals surface area contributed by atoms with Crippen molar-refractivity contribution < 1.29 is 0 Å². The van der Waals surface area contributed by atoms with E-state index in [1.54, 1.807) is 0 Å². The molecule has 2 heteroatoms. The van der Waals surface area contributed by atoms with Crippen molar-refractivity contribution in [1.82, 2.24) is 0 Å². The van der Waals surface area contributed by atoms with E-state index in [9.17, 15) is 0 Å². The van der Waals surface area contributed by atoms with Crippen molar-refractivity contribution in [2.24, 2.45) is 11.7 Å². The molecule has 0 saturated carbocycles. The standard InChI is InChI=1S/C12H18IN/c1-7(2)12(14)10-5-8(3)11(13)9(4)6-10/h5-7,12H,14H2,1-4H3/t12-/m0/s1. The molecule has 0 unspecified atom stereocenters. The van der Waals surface area contributed by atoms with Crippen molar-refractivity contribution in [2.75, 3.05) is 0 Å². The molecule has 0 fully saturated rings. The Morgan fingerprint density at radius 2 is 1.57 bits per heavy atom. The molecule has 0 heterocycles. The van der Waals surface area contributed by atoms with Gasteiger partial charge in [-0.15, -0.1) is 0 Å². The van der Waals surface area contributed by atoms with Gasteiger partial charge < -0.3 is 5.73 Å². The third kappa shape index (κ3) is 2.48. The summed E-state index contributed by atoms with van der Waals surface area (Å²) in [7, 11) is 0. The van der Waals surface area contributed by atoms with E-state index in [0.717, 1.165) is 0 Å². The minimum absolute atomic E-state index is 0.157. The molecule has 0 saturated heterocycles. The molecule has 0 bridgehead atoms. The molecule has 2 N–H and O–H groups in total. The van der Waals surface area contributed by atoms with Crippen LogP contribution in [0.1, 0.15) is 36.6 Å².